The normalized spacial score (nSPS) is 10.0. The molecule has 0 atom stereocenters. The Kier molecular flexibility index (Phi) is 2.38. The van der Waals surface area contributed by atoms with Gasteiger partial charge in [0.2, 0.25) is 5.95 Å². The van der Waals surface area contributed by atoms with Gasteiger partial charge < -0.3 is 5.11 Å². The maximum absolute atomic E-state index is 11.4. The molecule has 0 unspecified atom stereocenters. The molecule has 2 aromatic heterocycles. The lowest BCUT2D eigenvalue weighted by Gasteiger charge is -2.01. The molecule has 1 amide bonds. The smallest absolute Gasteiger partial charge is 0.409 e. The molecule has 16 heavy (non-hydrogen) atoms. The second-order valence-corrected chi connectivity index (χ2v) is 2.83. The van der Waals surface area contributed by atoms with Gasteiger partial charge in [0.05, 0.1) is 6.20 Å². The van der Waals surface area contributed by atoms with Gasteiger partial charge in [-0.1, -0.05) is 0 Å². The summed E-state index contributed by atoms with van der Waals surface area (Å²) < 4.78 is 1.35. The average Bonchev–Trinajstić information content (AvgIpc) is 2.73. The molecule has 2 rings (SSSR count). The van der Waals surface area contributed by atoms with Gasteiger partial charge in [0.1, 0.15) is 5.69 Å². The van der Waals surface area contributed by atoms with Crippen molar-refractivity contribution in [1.82, 2.24) is 19.7 Å². The van der Waals surface area contributed by atoms with Gasteiger partial charge in [0, 0.05) is 12.4 Å². The number of nitrogens with one attached hydrogen (secondary N) is 2. The van der Waals surface area contributed by atoms with Crippen LogP contribution in [-0.2, 0) is 0 Å². The van der Waals surface area contributed by atoms with Crippen molar-refractivity contribution in [2.45, 2.75) is 0 Å². The molecule has 8 heteroatoms. The number of hydrogen-bond donors (Lipinski definition) is 3. The quantitative estimate of drug-likeness (QED) is 0.662. The lowest BCUT2D eigenvalue weighted by Crippen LogP contribution is -2.20. The molecule has 0 bridgehead atoms. The molecule has 2 aromatic rings. The molecule has 0 saturated carbocycles. The average molecular weight is 221 g/mol. The number of anilines is 1. The topological polar surface area (TPSA) is 113 Å². The zero-order chi connectivity index (χ0) is 11.5. The molecule has 0 radical (unpaired) electrons. The molecule has 8 nitrogen and oxygen atoms in total. The molecule has 0 aromatic carbocycles. The Balaban J connectivity index is 2.37. The standard InChI is InChI=1S/C8H7N5O3/c14-6-5(11-8(15)16)4-9-7(12-6)13-3-1-2-10-13/h1-4,11H,(H,15,16)(H,9,12,14). The van der Waals surface area contributed by atoms with Gasteiger partial charge in [-0.15, -0.1) is 0 Å². The van der Waals surface area contributed by atoms with Crippen LogP contribution in [0.4, 0.5) is 10.5 Å². The van der Waals surface area contributed by atoms with Crippen molar-refractivity contribution < 1.29 is 9.90 Å². The van der Waals surface area contributed by atoms with Gasteiger partial charge in [-0.2, -0.15) is 5.10 Å². The number of carboxylic acid groups (broad SMARTS) is 1. The van der Waals surface area contributed by atoms with E-state index < -0.39 is 11.7 Å². The van der Waals surface area contributed by atoms with Gasteiger partial charge in [-0.05, 0) is 6.07 Å². The van der Waals surface area contributed by atoms with Crippen molar-refractivity contribution in [3.63, 3.8) is 0 Å². The van der Waals surface area contributed by atoms with Crippen LogP contribution in [0, 0.1) is 0 Å². The van der Waals surface area contributed by atoms with Crippen LogP contribution < -0.4 is 10.9 Å². The predicted octanol–water partition coefficient (Wildman–Crippen LogP) is 0.0455. The number of carbonyl (C=O) groups is 1. The molecule has 3 N–H and O–H groups in total. The van der Waals surface area contributed by atoms with Gasteiger partial charge >= 0.3 is 6.09 Å². The van der Waals surface area contributed by atoms with Crippen molar-refractivity contribution in [1.29, 1.82) is 0 Å². The van der Waals surface area contributed by atoms with Gasteiger partial charge in [0.25, 0.3) is 5.56 Å². The maximum atomic E-state index is 11.4. The minimum absolute atomic E-state index is 0.136. The summed E-state index contributed by atoms with van der Waals surface area (Å²) in [5, 5.41) is 14.2. The van der Waals surface area contributed by atoms with Gasteiger partial charge in [0.15, 0.2) is 0 Å². The SMILES string of the molecule is O=C(O)Nc1cnc(-n2cccn2)[nH]c1=O. The van der Waals surface area contributed by atoms with E-state index in [0.29, 0.717) is 0 Å². The van der Waals surface area contributed by atoms with Gasteiger partial charge in [-0.25, -0.2) is 14.5 Å². The minimum atomic E-state index is -1.32. The van der Waals surface area contributed by atoms with E-state index in [1.807, 2.05) is 5.32 Å². The van der Waals surface area contributed by atoms with E-state index in [9.17, 15) is 9.59 Å². The molecular weight excluding hydrogens is 214 g/mol. The lowest BCUT2D eigenvalue weighted by molar-refractivity contribution is 0.209. The first-order valence-electron chi connectivity index (χ1n) is 4.26. The van der Waals surface area contributed by atoms with E-state index in [1.54, 1.807) is 12.3 Å². The first-order chi connectivity index (χ1) is 7.66. The fourth-order valence-corrected chi connectivity index (χ4v) is 1.10. The zero-order valence-electron chi connectivity index (χ0n) is 7.91. The summed E-state index contributed by atoms with van der Waals surface area (Å²) in [5.74, 6) is 0.214. The van der Waals surface area contributed by atoms with Crippen LogP contribution in [0.25, 0.3) is 5.95 Å². The van der Waals surface area contributed by atoms with E-state index >= 15 is 0 Å². The number of rotatable bonds is 2. The highest BCUT2D eigenvalue weighted by atomic mass is 16.4. The van der Waals surface area contributed by atoms with Crippen molar-refractivity contribution >= 4 is 11.8 Å². The molecule has 0 saturated heterocycles. The van der Waals surface area contributed by atoms with Gasteiger partial charge in [-0.3, -0.25) is 15.1 Å². The number of amides is 1. The van der Waals surface area contributed by atoms with E-state index in [1.165, 1.54) is 10.9 Å². The Labute approximate surface area is 88.6 Å². The van der Waals surface area contributed by atoms with E-state index in [0.717, 1.165) is 6.20 Å². The van der Waals surface area contributed by atoms with Crippen LogP contribution >= 0.6 is 0 Å². The third-order valence-corrected chi connectivity index (χ3v) is 1.75. The third kappa shape index (κ3) is 1.90. The van der Waals surface area contributed by atoms with E-state index in [4.69, 9.17) is 5.11 Å². The molecular formula is C8H7N5O3. The number of H-pyrrole nitrogens is 1. The summed E-state index contributed by atoms with van der Waals surface area (Å²) in [4.78, 5) is 28.0. The minimum Gasteiger partial charge on any atom is -0.465 e. The maximum Gasteiger partial charge on any atom is 0.409 e. The summed E-state index contributed by atoms with van der Waals surface area (Å²) >= 11 is 0. The van der Waals surface area contributed by atoms with E-state index in [-0.39, 0.29) is 11.6 Å². The Morgan fingerprint density at radius 1 is 1.56 bits per heavy atom. The van der Waals surface area contributed by atoms with E-state index in [2.05, 4.69) is 15.1 Å². The van der Waals surface area contributed by atoms with Crippen molar-refractivity contribution in [3.05, 3.63) is 35.0 Å². The van der Waals surface area contributed by atoms with Crippen LogP contribution in [0.3, 0.4) is 0 Å². The van der Waals surface area contributed by atoms with Crippen molar-refractivity contribution in [3.8, 4) is 5.95 Å². The fraction of sp³-hybridized carbons (Fsp3) is 0. The van der Waals surface area contributed by atoms with Crippen LogP contribution in [0.1, 0.15) is 0 Å². The third-order valence-electron chi connectivity index (χ3n) is 1.75. The van der Waals surface area contributed by atoms with Crippen molar-refractivity contribution in [2.24, 2.45) is 0 Å². The summed E-state index contributed by atoms with van der Waals surface area (Å²) in [6, 6.07) is 1.67. The number of hydrogen-bond acceptors (Lipinski definition) is 4. The molecule has 2 heterocycles. The Morgan fingerprint density at radius 2 is 2.38 bits per heavy atom. The molecule has 82 valence electrons. The Hall–Kier alpha value is -2.64. The molecule has 0 aliphatic carbocycles. The second-order valence-electron chi connectivity index (χ2n) is 2.83. The Morgan fingerprint density at radius 3 is 2.94 bits per heavy atom. The highest BCUT2D eigenvalue weighted by Crippen LogP contribution is 1.99. The van der Waals surface area contributed by atoms with Crippen LogP contribution in [0.5, 0.6) is 0 Å². The molecule has 0 aliphatic heterocycles. The highest BCUT2D eigenvalue weighted by molar-refractivity contribution is 5.82. The largest absolute Gasteiger partial charge is 0.465 e. The number of aromatic nitrogens is 4. The molecule has 0 spiro atoms. The molecule has 0 aliphatic rings. The molecule has 0 fully saturated rings. The lowest BCUT2D eigenvalue weighted by atomic mass is 10.5. The number of aromatic amines is 1. The summed E-state index contributed by atoms with van der Waals surface area (Å²) in [6.07, 6.45) is 2.94. The fourth-order valence-electron chi connectivity index (χ4n) is 1.10. The predicted molar refractivity (Wildman–Crippen MR) is 53.6 cm³/mol. The highest BCUT2D eigenvalue weighted by Gasteiger charge is 2.06. The summed E-state index contributed by atoms with van der Waals surface area (Å²) in [6.45, 7) is 0. The van der Waals surface area contributed by atoms with Crippen LogP contribution in [-0.4, -0.2) is 30.9 Å². The van der Waals surface area contributed by atoms with Crippen molar-refractivity contribution in [2.75, 3.05) is 5.32 Å². The second kappa shape index (κ2) is 3.85. The Bertz CT molecular complexity index is 559. The van der Waals surface area contributed by atoms with Crippen LogP contribution in [0.15, 0.2) is 29.5 Å². The monoisotopic (exact) mass is 221 g/mol. The first-order valence-corrected chi connectivity index (χ1v) is 4.26. The summed E-state index contributed by atoms with van der Waals surface area (Å²) in [5.41, 5.74) is -0.716. The summed E-state index contributed by atoms with van der Waals surface area (Å²) in [7, 11) is 0. The van der Waals surface area contributed by atoms with Crippen LogP contribution in [0.2, 0.25) is 0 Å². The number of nitrogens with zero attached hydrogens (tertiary/aromatic N) is 3. The first kappa shape index (κ1) is 9.90. The zero-order valence-corrected chi connectivity index (χ0v) is 7.91.